The molecule has 1 saturated carbocycles. The molecule has 0 aromatic carbocycles. The molecule has 1 rings (SSSR count). The summed E-state index contributed by atoms with van der Waals surface area (Å²) in [7, 11) is 0. The number of halogens is 1. The molecule has 0 amide bonds. The Labute approximate surface area is 93.5 Å². The molecule has 0 aliphatic heterocycles. The van der Waals surface area contributed by atoms with Crippen LogP contribution < -0.4 is 0 Å². The summed E-state index contributed by atoms with van der Waals surface area (Å²) in [6.07, 6.45) is 5.13. The number of aldehydes is 1. The minimum absolute atomic E-state index is 0.128. The zero-order valence-corrected chi connectivity index (χ0v) is 10.3. The summed E-state index contributed by atoms with van der Waals surface area (Å²) in [6, 6.07) is 0. The van der Waals surface area contributed by atoms with Crippen LogP contribution in [0.1, 0.15) is 33.1 Å². The van der Waals surface area contributed by atoms with Crippen LogP contribution >= 0.6 is 15.9 Å². The van der Waals surface area contributed by atoms with Crippen LogP contribution in [0.5, 0.6) is 0 Å². The van der Waals surface area contributed by atoms with E-state index in [4.69, 9.17) is 0 Å². The number of alkyl halides is 1. The summed E-state index contributed by atoms with van der Waals surface area (Å²) in [6.45, 7) is 3.85. The summed E-state index contributed by atoms with van der Waals surface area (Å²) >= 11 is 3.50. The molecular formula is C11H17BrO2. The Kier molecular flexibility index (Phi) is 3.90. The molecule has 0 aromatic rings. The van der Waals surface area contributed by atoms with E-state index in [0.717, 1.165) is 31.1 Å². The minimum atomic E-state index is -0.599. The van der Waals surface area contributed by atoms with Gasteiger partial charge in [0.25, 0.3) is 0 Å². The van der Waals surface area contributed by atoms with Crippen LogP contribution in [0.2, 0.25) is 0 Å². The van der Waals surface area contributed by atoms with E-state index in [-0.39, 0.29) is 4.83 Å². The highest BCUT2D eigenvalue weighted by molar-refractivity contribution is 9.09. The lowest BCUT2D eigenvalue weighted by Crippen LogP contribution is -2.41. The predicted molar refractivity (Wildman–Crippen MR) is 60.5 cm³/mol. The number of carbonyl (C=O) groups excluding carboxylic acids is 1. The maximum Gasteiger partial charge on any atom is 0.142 e. The Bertz CT molecular complexity index is 246. The van der Waals surface area contributed by atoms with Crippen molar-refractivity contribution in [2.45, 2.75) is 43.5 Å². The van der Waals surface area contributed by atoms with E-state index in [1.54, 1.807) is 6.08 Å². The third-order valence-corrected chi connectivity index (χ3v) is 4.50. The lowest BCUT2D eigenvalue weighted by molar-refractivity contribution is -0.104. The SMILES string of the molecule is C/C(=C/C=O)[C@H]1CC[C@@](C)(O)[C@@H](Br)C1. The van der Waals surface area contributed by atoms with Gasteiger partial charge in [-0.1, -0.05) is 21.5 Å². The van der Waals surface area contributed by atoms with Gasteiger partial charge in [-0.3, -0.25) is 4.79 Å². The topological polar surface area (TPSA) is 37.3 Å². The second-order valence-corrected chi connectivity index (χ2v) is 5.45. The molecule has 2 nitrogen and oxygen atoms in total. The van der Waals surface area contributed by atoms with Gasteiger partial charge in [-0.15, -0.1) is 0 Å². The number of aliphatic hydroxyl groups is 1. The number of rotatable bonds is 2. The van der Waals surface area contributed by atoms with Crippen molar-refractivity contribution in [1.29, 1.82) is 0 Å². The minimum Gasteiger partial charge on any atom is -0.389 e. The Morgan fingerprint density at radius 3 is 2.79 bits per heavy atom. The molecule has 1 aliphatic rings. The molecule has 0 heterocycles. The van der Waals surface area contributed by atoms with Crippen molar-refractivity contribution in [2.75, 3.05) is 0 Å². The summed E-state index contributed by atoms with van der Waals surface area (Å²) in [5.74, 6) is 0.435. The molecule has 80 valence electrons. The van der Waals surface area contributed by atoms with E-state index in [1.807, 2.05) is 13.8 Å². The van der Waals surface area contributed by atoms with Crippen molar-refractivity contribution < 1.29 is 9.90 Å². The number of allylic oxidation sites excluding steroid dienone is 2. The molecule has 0 radical (unpaired) electrons. The first-order valence-corrected chi connectivity index (χ1v) is 5.87. The Morgan fingerprint density at radius 1 is 1.64 bits per heavy atom. The summed E-state index contributed by atoms with van der Waals surface area (Å²) in [4.78, 5) is 10.5. The number of hydrogen-bond donors (Lipinski definition) is 1. The van der Waals surface area contributed by atoms with E-state index in [1.165, 1.54) is 0 Å². The van der Waals surface area contributed by atoms with Crippen LogP contribution in [0, 0.1) is 5.92 Å². The number of carbonyl (C=O) groups is 1. The van der Waals surface area contributed by atoms with Crippen LogP contribution in [-0.2, 0) is 4.79 Å². The van der Waals surface area contributed by atoms with E-state index >= 15 is 0 Å². The maximum atomic E-state index is 10.3. The van der Waals surface area contributed by atoms with Gasteiger partial charge >= 0.3 is 0 Å². The molecule has 1 N–H and O–H groups in total. The normalized spacial score (nSPS) is 39.6. The molecule has 14 heavy (non-hydrogen) atoms. The zero-order valence-electron chi connectivity index (χ0n) is 8.66. The Morgan fingerprint density at radius 2 is 2.29 bits per heavy atom. The van der Waals surface area contributed by atoms with Gasteiger partial charge in [-0.2, -0.15) is 0 Å². The highest BCUT2D eigenvalue weighted by Gasteiger charge is 2.36. The van der Waals surface area contributed by atoms with Crippen LogP contribution in [0.3, 0.4) is 0 Å². The molecule has 0 bridgehead atoms. The third-order valence-electron chi connectivity index (χ3n) is 3.14. The van der Waals surface area contributed by atoms with E-state index < -0.39 is 5.60 Å². The fourth-order valence-electron chi connectivity index (χ4n) is 1.90. The van der Waals surface area contributed by atoms with Crippen LogP contribution in [0.25, 0.3) is 0 Å². The van der Waals surface area contributed by atoms with E-state index in [0.29, 0.717) is 5.92 Å². The van der Waals surface area contributed by atoms with Crippen molar-refractivity contribution in [3.05, 3.63) is 11.6 Å². The molecule has 0 unspecified atom stereocenters. The standard InChI is InChI=1S/C11H17BrO2/c1-8(4-6-13)9-3-5-11(2,14)10(12)7-9/h4,6,9-10,14H,3,5,7H2,1-2H3/b8-4-/t9-,10-,11+/m0/s1. The molecule has 3 heteroatoms. The smallest absolute Gasteiger partial charge is 0.142 e. The third kappa shape index (κ3) is 2.67. The molecule has 1 fully saturated rings. The van der Waals surface area contributed by atoms with Gasteiger partial charge in [0.15, 0.2) is 0 Å². The zero-order chi connectivity index (χ0) is 10.8. The molecule has 0 spiro atoms. The first-order chi connectivity index (χ1) is 6.47. The average molecular weight is 261 g/mol. The molecule has 0 saturated heterocycles. The summed E-state index contributed by atoms with van der Waals surface area (Å²) < 4.78 is 0. The van der Waals surface area contributed by atoms with Crippen molar-refractivity contribution >= 4 is 22.2 Å². The van der Waals surface area contributed by atoms with E-state index in [2.05, 4.69) is 15.9 Å². The summed E-state index contributed by atoms with van der Waals surface area (Å²) in [5, 5.41) is 9.94. The molecule has 1 aliphatic carbocycles. The Balaban J connectivity index is 2.63. The lowest BCUT2D eigenvalue weighted by Gasteiger charge is -2.38. The highest BCUT2D eigenvalue weighted by Crippen LogP contribution is 2.39. The monoisotopic (exact) mass is 260 g/mol. The van der Waals surface area contributed by atoms with Gasteiger partial charge in [0.2, 0.25) is 0 Å². The largest absolute Gasteiger partial charge is 0.389 e. The predicted octanol–water partition coefficient (Wildman–Crippen LogP) is 2.45. The van der Waals surface area contributed by atoms with Crippen molar-refractivity contribution in [2.24, 2.45) is 5.92 Å². The molecule has 3 atom stereocenters. The van der Waals surface area contributed by atoms with Gasteiger partial charge in [0.1, 0.15) is 6.29 Å². The summed E-state index contributed by atoms with van der Waals surface area (Å²) in [5.41, 5.74) is 0.526. The van der Waals surface area contributed by atoms with Crippen molar-refractivity contribution in [1.82, 2.24) is 0 Å². The van der Waals surface area contributed by atoms with Gasteiger partial charge in [0.05, 0.1) is 5.60 Å². The highest BCUT2D eigenvalue weighted by atomic mass is 79.9. The number of hydrogen-bond acceptors (Lipinski definition) is 2. The van der Waals surface area contributed by atoms with Gasteiger partial charge in [-0.05, 0) is 45.1 Å². The van der Waals surface area contributed by atoms with Crippen LogP contribution in [-0.4, -0.2) is 21.8 Å². The molecular weight excluding hydrogens is 244 g/mol. The fraction of sp³-hybridized carbons (Fsp3) is 0.727. The van der Waals surface area contributed by atoms with Crippen molar-refractivity contribution in [3.8, 4) is 0 Å². The lowest BCUT2D eigenvalue weighted by atomic mass is 9.77. The van der Waals surface area contributed by atoms with E-state index in [9.17, 15) is 9.90 Å². The molecule has 0 aromatic heterocycles. The van der Waals surface area contributed by atoms with Gasteiger partial charge < -0.3 is 5.11 Å². The average Bonchev–Trinajstić information content (AvgIpc) is 2.10. The second-order valence-electron chi connectivity index (χ2n) is 4.34. The second kappa shape index (κ2) is 4.58. The van der Waals surface area contributed by atoms with Gasteiger partial charge in [-0.25, -0.2) is 0 Å². The first kappa shape index (κ1) is 11.9. The van der Waals surface area contributed by atoms with Gasteiger partial charge in [0, 0.05) is 4.83 Å². The maximum absolute atomic E-state index is 10.3. The quantitative estimate of drug-likeness (QED) is 0.471. The van der Waals surface area contributed by atoms with Crippen molar-refractivity contribution in [3.63, 3.8) is 0 Å². The first-order valence-electron chi connectivity index (χ1n) is 4.96. The Hall–Kier alpha value is -0.150. The van der Waals surface area contributed by atoms with Crippen LogP contribution in [0.15, 0.2) is 11.6 Å². The fourth-order valence-corrected chi connectivity index (χ4v) is 2.58. The van der Waals surface area contributed by atoms with Crippen LogP contribution in [0.4, 0.5) is 0 Å².